The summed E-state index contributed by atoms with van der Waals surface area (Å²) < 4.78 is 5.57. The number of aromatic amines is 1. The number of hydrogen-bond donors (Lipinski definition) is 2. The summed E-state index contributed by atoms with van der Waals surface area (Å²) in [5, 5.41) is 16.8. The number of aliphatic hydroxyl groups excluding tert-OH is 1. The van der Waals surface area contributed by atoms with Crippen LogP contribution in [0.25, 0.3) is 0 Å². The second-order valence-corrected chi connectivity index (χ2v) is 6.03. The van der Waals surface area contributed by atoms with Gasteiger partial charge in [0.05, 0.1) is 24.9 Å². The Kier molecular flexibility index (Phi) is 5.31. The van der Waals surface area contributed by atoms with E-state index >= 15 is 0 Å². The normalized spacial score (nSPS) is 19.0. The maximum atomic E-state index is 9.57. The average molecular weight is 315 g/mol. The summed E-state index contributed by atoms with van der Waals surface area (Å²) in [4.78, 5) is 2.49. The number of aromatic nitrogens is 2. The fraction of sp³-hybridized carbons (Fsp3) is 0.500. The molecule has 2 N–H and O–H groups in total. The van der Waals surface area contributed by atoms with Crippen molar-refractivity contribution in [3.63, 3.8) is 0 Å². The monoisotopic (exact) mass is 315 g/mol. The Morgan fingerprint density at radius 1 is 1.35 bits per heavy atom. The van der Waals surface area contributed by atoms with Gasteiger partial charge in [0.1, 0.15) is 5.75 Å². The molecular formula is C18H25N3O2. The molecule has 1 aromatic carbocycles. The second kappa shape index (κ2) is 7.62. The van der Waals surface area contributed by atoms with Gasteiger partial charge in [-0.05, 0) is 50.1 Å². The number of ether oxygens (including phenoxy) is 1. The maximum Gasteiger partial charge on any atom is 0.124 e. The molecule has 2 aromatic rings. The first-order chi connectivity index (χ1) is 11.3. The predicted molar refractivity (Wildman–Crippen MR) is 89.1 cm³/mol. The maximum absolute atomic E-state index is 9.57. The van der Waals surface area contributed by atoms with E-state index in [0.29, 0.717) is 12.6 Å². The molecule has 1 saturated heterocycles. The number of rotatable bonds is 6. The number of aliphatic hydroxyl groups is 1. The van der Waals surface area contributed by atoms with E-state index in [1.807, 2.05) is 19.2 Å². The van der Waals surface area contributed by atoms with Crippen LogP contribution in [0.5, 0.6) is 5.75 Å². The first-order valence-electron chi connectivity index (χ1n) is 8.40. The van der Waals surface area contributed by atoms with Gasteiger partial charge in [0.15, 0.2) is 0 Å². The van der Waals surface area contributed by atoms with Crippen LogP contribution in [0.3, 0.4) is 0 Å². The topological polar surface area (TPSA) is 61.4 Å². The number of H-pyrrole nitrogens is 1. The van der Waals surface area contributed by atoms with Crippen LogP contribution in [0.1, 0.15) is 49.0 Å². The Labute approximate surface area is 137 Å². The fourth-order valence-corrected chi connectivity index (χ4v) is 3.37. The highest BCUT2D eigenvalue weighted by atomic mass is 16.5. The van der Waals surface area contributed by atoms with Crippen LogP contribution < -0.4 is 4.74 Å². The summed E-state index contributed by atoms with van der Waals surface area (Å²) in [6.45, 7) is 4.54. The van der Waals surface area contributed by atoms with Crippen molar-refractivity contribution in [3.8, 4) is 5.75 Å². The highest BCUT2D eigenvalue weighted by molar-refractivity contribution is 5.37. The average Bonchev–Trinajstić information content (AvgIpc) is 3.11. The number of likely N-dealkylation sites (tertiary alicyclic amines) is 1. The van der Waals surface area contributed by atoms with E-state index in [4.69, 9.17) is 4.74 Å². The van der Waals surface area contributed by atoms with Crippen LogP contribution in [-0.2, 0) is 13.2 Å². The Bertz CT molecular complexity index is 613. The summed E-state index contributed by atoms with van der Waals surface area (Å²) in [7, 11) is 0. The van der Waals surface area contributed by atoms with E-state index in [2.05, 4.69) is 33.3 Å². The Morgan fingerprint density at radius 3 is 3.00 bits per heavy atom. The third kappa shape index (κ3) is 3.74. The minimum absolute atomic E-state index is 0.00709. The van der Waals surface area contributed by atoms with Crippen molar-refractivity contribution in [2.75, 3.05) is 13.2 Å². The number of nitrogens with zero attached hydrogens (tertiary/aromatic N) is 2. The highest BCUT2D eigenvalue weighted by Gasteiger charge is 2.25. The molecule has 3 rings (SSSR count). The quantitative estimate of drug-likeness (QED) is 0.860. The fourth-order valence-electron chi connectivity index (χ4n) is 3.37. The summed E-state index contributed by atoms with van der Waals surface area (Å²) in [6, 6.07) is 8.60. The Hall–Kier alpha value is -1.85. The molecule has 1 atom stereocenters. The number of hydrogen-bond acceptors (Lipinski definition) is 4. The Morgan fingerprint density at radius 2 is 2.26 bits per heavy atom. The number of benzene rings is 1. The van der Waals surface area contributed by atoms with Crippen molar-refractivity contribution in [1.82, 2.24) is 15.1 Å². The molecule has 1 unspecified atom stereocenters. The molecule has 0 aliphatic carbocycles. The first kappa shape index (κ1) is 16.0. The van der Waals surface area contributed by atoms with Gasteiger partial charge >= 0.3 is 0 Å². The van der Waals surface area contributed by atoms with Gasteiger partial charge in [-0.3, -0.25) is 10.00 Å². The van der Waals surface area contributed by atoms with E-state index in [1.54, 1.807) is 0 Å². The third-order valence-corrected chi connectivity index (χ3v) is 4.48. The zero-order valence-corrected chi connectivity index (χ0v) is 13.7. The lowest BCUT2D eigenvalue weighted by atomic mass is 9.98. The van der Waals surface area contributed by atoms with Gasteiger partial charge in [-0.25, -0.2) is 0 Å². The van der Waals surface area contributed by atoms with Gasteiger partial charge in [0.25, 0.3) is 0 Å². The molecule has 0 amide bonds. The molecule has 0 bridgehead atoms. The molecular weight excluding hydrogens is 290 g/mol. The first-order valence-corrected chi connectivity index (χ1v) is 8.40. The smallest absolute Gasteiger partial charge is 0.124 e. The SMILES string of the molecule is CCOc1ccc(CN2CCCCC2c2ccn[nH]2)cc1CO. The van der Waals surface area contributed by atoms with Crippen molar-refractivity contribution in [3.05, 3.63) is 47.3 Å². The largest absolute Gasteiger partial charge is 0.494 e. The minimum atomic E-state index is 0.00709. The van der Waals surface area contributed by atoms with Crippen molar-refractivity contribution >= 4 is 0 Å². The molecule has 1 aromatic heterocycles. The van der Waals surface area contributed by atoms with Crippen molar-refractivity contribution < 1.29 is 9.84 Å². The van der Waals surface area contributed by atoms with E-state index in [9.17, 15) is 5.11 Å². The lowest BCUT2D eigenvalue weighted by Gasteiger charge is -2.35. The zero-order valence-electron chi connectivity index (χ0n) is 13.7. The van der Waals surface area contributed by atoms with Gasteiger partial charge in [0, 0.05) is 18.3 Å². The molecule has 1 aliphatic rings. The molecule has 23 heavy (non-hydrogen) atoms. The van der Waals surface area contributed by atoms with E-state index in [0.717, 1.165) is 30.8 Å². The highest BCUT2D eigenvalue weighted by Crippen LogP contribution is 2.31. The van der Waals surface area contributed by atoms with E-state index < -0.39 is 0 Å². The van der Waals surface area contributed by atoms with Gasteiger partial charge < -0.3 is 9.84 Å². The summed E-state index contributed by atoms with van der Waals surface area (Å²) in [5.41, 5.74) is 3.27. The van der Waals surface area contributed by atoms with Crippen LogP contribution in [0.15, 0.2) is 30.5 Å². The molecule has 0 saturated carbocycles. The van der Waals surface area contributed by atoms with Crippen LogP contribution in [0, 0.1) is 0 Å². The predicted octanol–water partition coefficient (Wildman–Crippen LogP) is 3.03. The van der Waals surface area contributed by atoms with Gasteiger partial charge in [-0.2, -0.15) is 5.10 Å². The lowest BCUT2D eigenvalue weighted by Crippen LogP contribution is -2.33. The van der Waals surface area contributed by atoms with E-state index in [1.165, 1.54) is 24.1 Å². The molecule has 0 spiro atoms. The number of nitrogens with one attached hydrogen (secondary N) is 1. The van der Waals surface area contributed by atoms with Crippen molar-refractivity contribution in [2.24, 2.45) is 0 Å². The molecule has 0 radical (unpaired) electrons. The molecule has 5 heteroatoms. The standard InChI is InChI=1S/C18H25N3O2/c1-2-23-18-7-6-14(11-15(18)13-22)12-21-10-4-3-5-17(21)16-8-9-19-20-16/h6-9,11,17,22H,2-5,10,12-13H2,1H3,(H,19,20). The van der Waals surface area contributed by atoms with E-state index in [-0.39, 0.29) is 6.61 Å². The molecule has 124 valence electrons. The van der Waals surface area contributed by atoms with Crippen molar-refractivity contribution in [2.45, 2.75) is 45.4 Å². The minimum Gasteiger partial charge on any atom is -0.494 e. The van der Waals surface area contributed by atoms with Crippen LogP contribution >= 0.6 is 0 Å². The summed E-state index contributed by atoms with van der Waals surface area (Å²) in [5.74, 6) is 0.780. The third-order valence-electron chi connectivity index (χ3n) is 4.48. The van der Waals surface area contributed by atoms with Gasteiger partial charge in [0.2, 0.25) is 0 Å². The van der Waals surface area contributed by atoms with Gasteiger partial charge in [-0.15, -0.1) is 0 Å². The van der Waals surface area contributed by atoms with Crippen molar-refractivity contribution in [1.29, 1.82) is 0 Å². The van der Waals surface area contributed by atoms with Crippen LogP contribution in [-0.4, -0.2) is 33.4 Å². The summed E-state index contributed by atoms with van der Waals surface area (Å²) >= 11 is 0. The zero-order chi connectivity index (χ0) is 16.1. The molecule has 2 heterocycles. The number of piperidine rings is 1. The second-order valence-electron chi connectivity index (χ2n) is 6.03. The van der Waals surface area contributed by atoms with Crippen LogP contribution in [0.2, 0.25) is 0 Å². The van der Waals surface area contributed by atoms with Crippen LogP contribution in [0.4, 0.5) is 0 Å². The Balaban J connectivity index is 1.76. The lowest BCUT2D eigenvalue weighted by molar-refractivity contribution is 0.137. The molecule has 1 fully saturated rings. The molecule has 5 nitrogen and oxygen atoms in total. The van der Waals surface area contributed by atoms with Gasteiger partial charge in [-0.1, -0.05) is 12.5 Å². The summed E-state index contributed by atoms with van der Waals surface area (Å²) in [6.07, 6.45) is 5.47. The molecule has 1 aliphatic heterocycles.